The molecule has 0 fully saturated rings. The third kappa shape index (κ3) is 4.58. The van der Waals surface area contributed by atoms with Crippen LogP contribution in [0.1, 0.15) is 34.1 Å². The van der Waals surface area contributed by atoms with E-state index in [4.69, 9.17) is 5.84 Å². The fraction of sp³-hybridized carbons (Fsp3) is 0.900. The summed E-state index contributed by atoms with van der Waals surface area (Å²) in [7, 11) is 2.03. The number of hydrogen-bond acceptors (Lipinski definition) is 3. The second-order valence-corrected chi connectivity index (χ2v) is 4.84. The van der Waals surface area contributed by atoms with Crippen LogP contribution in [0.5, 0.6) is 0 Å². The van der Waals surface area contributed by atoms with Gasteiger partial charge in [0.1, 0.15) is 0 Å². The number of hydrazine groups is 1. The lowest BCUT2D eigenvalue weighted by Gasteiger charge is -2.35. The Hall–Kier alpha value is -0.610. The van der Waals surface area contributed by atoms with E-state index in [1.807, 2.05) is 7.05 Å². The van der Waals surface area contributed by atoms with Crippen LogP contribution >= 0.6 is 0 Å². The molecule has 0 radical (unpaired) electrons. The van der Waals surface area contributed by atoms with Crippen molar-refractivity contribution < 1.29 is 4.79 Å². The molecular weight excluding hydrogens is 178 g/mol. The zero-order valence-electron chi connectivity index (χ0n) is 9.92. The molecule has 4 nitrogen and oxygen atoms in total. The summed E-state index contributed by atoms with van der Waals surface area (Å²) < 4.78 is 0. The zero-order valence-corrected chi connectivity index (χ0v) is 9.92. The number of carbonyl (C=O) groups excluding carboxylic acids is 1. The highest BCUT2D eigenvalue weighted by molar-refractivity contribution is 5.75. The Morgan fingerprint density at radius 3 is 2.36 bits per heavy atom. The van der Waals surface area contributed by atoms with Gasteiger partial charge in [0.2, 0.25) is 5.91 Å². The number of carbonyl (C=O) groups is 1. The Kier molecular flexibility index (Phi) is 5.08. The van der Waals surface area contributed by atoms with Crippen LogP contribution in [0, 0.1) is 5.41 Å². The molecule has 0 aromatic heterocycles. The largest absolute Gasteiger partial charge is 0.303 e. The van der Waals surface area contributed by atoms with Crippen LogP contribution in [0.4, 0.5) is 0 Å². The summed E-state index contributed by atoms with van der Waals surface area (Å²) in [5.41, 5.74) is 2.36. The Morgan fingerprint density at radius 2 is 2.00 bits per heavy atom. The van der Waals surface area contributed by atoms with Crippen molar-refractivity contribution in [2.24, 2.45) is 11.3 Å². The van der Waals surface area contributed by atoms with Crippen LogP contribution in [0.3, 0.4) is 0 Å². The van der Waals surface area contributed by atoms with Gasteiger partial charge in [-0.3, -0.25) is 10.2 Å². The standard InChI is InChI=1S/C10H23N3O/c1-8(10(2,3)4)13(5)7-6-9(14)12-11/h8H,6-7,11H2,1-5H3,(H,12,14). The molecule has 0 spiro atoms. The summed E-state index contributed by atoms with van der Waals surface area (Å²) in [6, 6.07) is 0.438. The maximum absolute atomic E-state index is 10.9. The fourth-order valence-electron chi connectivity index (χ4n) is 1.20. The zero-order chi connectivity index (χ0) is 11.4. The van der Waals surface area contributed by atoms with Gasteiger partial charge in [-0.15, -0.1) is 0 Å². The average Bonchev–Trinajstić information content (AvgIpc) is 2.10. The topological polar surface area (TPSA) is 58.4 Å². The molecule has 0 saturated heterocycles. The molecule has 1 unspecified atom stereocenters. The van der Waals surface area contributed by atoms with Crippen LogP contribution in [0.2, 0.25) is 0 Å². The Morgan fingerprint density at radius 1 is 1.50 bits per heavy atom. The quantitative estimate of drug-likeness (QED) is 0.400. The molecule has 0 bridgehead atoms. The summed E-state index contributed by atoms with van der Waals surface area (Å²) in [6.07, 6.45) is 0.452. The normalized spacial score (nSPS) is 14.2. The van der Waals surface area contributed by atoms with Gasteiger partial charge in [-0.1, -0.05) is 20.8 Å². The third-order valence-electron chi connectivity index (χ3n) is 2.77. The van der Waals surface area contributed by atoms with E-state index >= 15 is 0 Å². The SMILES string of the molecule is CC(N(C)CCC(=O)NN)C(C)(C)C. The van der Waals surface area contributed by atoms with E-state index < -0.39 is 0 Å². The molecule has 14 heavy (non-hydrogen) atoms. The molecule has 0 aliphatic heterocycles. The summed E-state index contributed by atoms with van der Waals surface area (Å²) in [5.74, 6) is 4.89. The molecule has 0 saturated carbocycles. The van der Waals surface area contributed by atoms with Gasteiger partial charge in [0, 0.05) is 19.0 Å². The van der Waals surface area contributed by atoms with Crippen molar-refractivity contribution >= 4 is 5.91 Å². The van der Waals surface area contributed by atoms with E-state index in [1.165, 1.54) is 0 Å². The lowest BCUT2D eigenvalue weighted by Crippen LogP contribution is -2.41. The third-order valence-corrected chi connectivity index (χ3v) is 2.77. The number of hydrogen-bond donors (Lipinski definition) is 2. The second kappa shape index (κ2) is 5.32. The molecule has 0 aromatic rings. The van der Waals surface area contributed by atoms with Gasteiger partial charge in [-0.05, 0) is 19.4 Å². The number of amides is 1. The maximum Gasteiger partial charge on any atom is 0.235 e. The second-order valence-electron chi connectivity index (χ2n) is 4.84. The van der Waals surface area contributed by atoms with Crippen LogP contribution in [-0.2, 0) is 4.79 Å². The first-order valence-electron chi connectivity index (χ1n) is 4.98. The molecule has 0 heterocycles. The molecule has 3 N–H and O–H groups in total. The highest BCUT2D eigenvalue weighted by atomic mass is 16.2. The fourth-order valence-corrected chi connectivity index (χ4v) is 1.20. The van der Waals surface area contributed by atoms with Gasteiger partial charge in [0.25, 0.3) is 0 Å². The van der Waals surface area contributed by atoms with Gasteiger partial charge in [-0.2, -0.15) is 0 Å². The van der Waals surface area contributed by atoms with Crippen molar-refractivity contribution in [1.29, 1.82) is 0 Å². The molecule has 0 aromatic carbocycles. The predicted octanol–water partition coefficient (Wildman–Crippen LogP) is 0.733. The number of nitrogens with zero attached hydrogens (tertiary/aromatic N) is 1. The molecule has 1 atom stereocenters. The molecule has 0 aliphatic carbocycles. The van der Waals surface area contributed by atoms with Gasteiger partial charge in [0.15, 0.2) is 0 Å². The van der Waals surface area contributed by atoms with E-state index in [1.54, 1.807) is 0 Å². The smallest absolute Gasteiger partial charge is 0.235 e. The van der Waals surface area contributed by atoms with E-state index in [-0.39, 0.29) is 11.3 Å². The number of nitrogens with one attached hydrogen (secondary N) is 1. The summed E-state index contributed by atoms with van der Waals surface area (Å²) in [6.45, 7) is 9.48. The van der Waals surface area contributed by atoms with Gasteiger partial charge >= 0.3 is 0 Å². The number of rotatable bonds is 4. The summed E-state index contributed by atoms with van der Waals surface area (Å²) in [4.78, 5) is 13.1. The van der Waals surface area contributed by atoms with Gasteiger partial charge in [0.05, 0.1) is 0 Å². The molecule has 1 amide bonds. The molecule has 4 heteroatoms. The van der Waals surface area contributed by atoms with Crippen molar-refractivity contribution in [3.05, 3.63) is 0 Å². The minimum absolute atomic E-state index is 0.113. The average molecular weight is 201 g/mol. The van der Waals surface area contributed by atoms with Crippen molar-refractivity contribution in [2.75, 3.05) is 13.6 Å². The lowest BCUT2D eigenvalue weighted by atomic mass is 9.87. The predicted molar refractivity (Wildman–Crippen MR) is 58.5 cm³/mol. The van der Waals surface area contributed by atoms with E-state index in [0.717, 1.165) is 6.54 Å². The highest BCUT2D eigenvalue weighted by Gasteiger charge is 2.23. The highest BCUT2D eigenvalue weighted by Crippen LogP contribution is 2.22. The van der Waals surface area contributed by atoms with Crippen molar-refractivity contribution in [2.45, 2.75) is 40.2 Å². The van der Waals surface area contributed by atoms with E-state index in [9.17, 15) is 4.79 Å². The Labute approximate surface area is 86.8 Å². The van der Waals surface area contributed by atoms with Gasteiger partial charge < -0.3 is 4.90 Å². The minimum atomic E-state index is -0.113. The van der Waals surface area contributed by atoms with Crippen molar-refractivity contribution in [3.8, 4) is 0 Å². The van der Waals surface area contributed by atoms with E-state index in [0.29, 0.717) is 12.5 Å². The molecule has 0 rings (SSSR count). The van der Waals surface area contributed by atoms with Crippen molar-refractivity contribution in [3.63, 3.8) is 0 Å². The van der Waals surface area contributed by atoms with E-state index in [2.05, 4.69) is 38.0 Å². The monoisotopic (exact) mass is 201 g/mol. The first kappa shape index (κ1) is 13.4. The lowest BCUT2D eigenvalue weighted by molar-refractivity contribution is -0.121. The first-order chi connectivity index (χ1) is 6.29. The molecule has 84 valence electrons. The summed E-state index contributed by atoms with van der Waals surface area (Å²) >= 11 is 0. The van der Waals surface area contributed by atoms with Gasteiger partial charge in [-0.25, -0.2) is 5.84 Å². The molecule has 0 aliphatic rings. The van der Waals surface area contributed by atoms with Crippen LogP contribution in [0.15, 0.2) is 0 Å². The first-order valence-corrected chi connectivity index (χ1v) is 4.98. The van der Waals surface area contributed by atoms with Crippen LogP contribution < -0.4 is 11.3 Å². The number of nitrogens with two attached hydrogens (primary N) is 1. The van der Waals surface area contributed by atoms with Crippen molar-refractivity contribution in [1.82, 2.24) is 10.3 Å². The summed E-state index contributed by atoms with van der Waals surface area (Å²) in [5, 5.41) is 0. The Balaban J connectivity index is 3.96. The van der Waals surface area contributed by atoms with Crippen LogP contribution in [-0.4, -0.2) is 30.4 Å². The molecular formula is C10H23N3O. The van der Waals surface area contributed by atoms with Crippen LogP contribution in [0.25, 0.3) is 0 Å². The minimum Gasteiger partial charge on any atom is -0.303 e. The Bertz CT molecular complexity index is 186. The maximum atomic E-state index is 10.9.